The Labute approximate surface area is 153 Å². The van der Waals surface area contributed by atoms with Gasteiger partial charge < -0.3 is 14.8 Å². The van der Waals surface area contributed by atoms with Crippen LogP contribution in [0.25, 0.3) is 6.08 Å². The van der Waals surface area contributed by atoms with Gasteiger partial charge in [-0.2, -0.15) is 11.8 Å². The average molecular weight is 385 g/mol. The first-order valence-electron chi connectivity index (χ1n) is 7.38. The molecule has 2 atom stereocenters. The molecular weight excluding hydrogens is 368 g/mol. The van der Waals surface area contributed by atoms with E-state index >= 15 is 0 Å². The van der Waals surface area contributed by atoms with E-state index in [1.165, 1.54) is 22.9 Å². The first-order chi connectivity index (χ1) is 11.5. The van der Waals surface area contributed by atoms with Gasteiger partial charge in [-0.05, 0) is 12.1 Å². The lowest BCUT2D eigenvalue weighted by atomic mass is 10.2. The molecule has 1 aromatic heterocycles. The second-order valence-electron chi connectivity index (χ2n) is 5.38. The third-order valence-corrected chi connectivity index (χ3v) is 6.20. The molecule has 0 radical (unpaired) electrons. The molecule has 0 bridgehead atoms. The van der Waals surface area contributed by atoms with E-state index in [1.54, 1.807) is 30.0 Å². The van der Waals surface area contributed by atoms with Crippen molar-refractivity contribution in [1.82, 2.24) is 10.2 Å². The summed E-state index contributed by atoms with van der Waals surface area (Å²) >= 11 is 8.03. The summed E-state index contributed by atoms with van der Waals surface area (Å²) in [5.74, 6) is 1.52. The van der Waals surface area contributed by atoms with Crippen molar-refractivity contribution in [2.45, 2.75) is 18.6 Å². The molecule has 2 fully saturated rings. The molecule has 0 aromatic carbocycles. The fourth-order valence-electron chi connectivity index (χ4n) is 2.37. The Bertz CT molecular complexity index is 674. The quantitative estimate of drug-likeness (QED) is 0.587. The number of thiocarbonyl (C=S) groups is 1. The Balaban J connectivity index is 1.54. The lowest BCUT2D eigenvalue weighted by Gasteiger charge is -2.17. The van der Waals surface area contributed by atoms with Crippen LogP contribution in [0.15, 0.2) is 27.7 Å². The van der Waals surface area contributed by atoms with Crippen molar-refractivity contribution in [3.8, 4) is 0 Å². The number of nitrogens with zero attached hydrogens (tertiary/aromatic N) is 1. The Kier molecular flexibility index (Phi) is 5.65. The highest BCUT2D eigenvalue weighted by atomic mass is 32.2. The molecule has 24 heavy (non-hydrogen) atoms. The van der Waals surface area contributed by atoms with Gasteiger partial charge in [0.25, 0.3) is 5.91 Å². The van der Waals surface area contributed by atoms with E-state index < -0.39 is 6.10 Å². The summed E-state index contributed by atoms with van der Waals surface area (Å²) in [5, 5.41) is 12.5. The molecule has 2 amide bonds. The molecule has 1 aromatic rings. The van der Waals surface area contributed by atoms with E-state index in [4.69, 9.17) is 16.6 Å². The highest BCUT2D eigenvalue weighted by molar-refractivity contribution is 8.26. The second kappa shape index (κ2) is 7.73. The summed E-state index contributed by atoms with van der Waals surface area (Å²) in [5.41, 5.74) is 0. The monoisotopic (exact) mass is 384 g/mol. The smallest absolute Gasteiger partial charge is 0.266 e. The zero-order valence-corrected chi connectivity index (χ0v) is 15.1. The number of thioether (sulfide) groups is 2. The minimum atomic E-state index is -0.508. The van der Waals surface area contributed by atoms with Gasteiger partial charge in [0.2, 0.25) is 5.91 Å². The number of carbonyl (C=O) groups is 2. The maximum atomic E-state index is 12.4. The lowest BCUT2D eigenvalue weighted by Crippen LogP contribution is -2.43. The van der Waals surface area contributed by atoms with Crippen LogP contribution in [0, 0.1) is 0 Å². The number of aliphatic hydroxyl groups is 1. The predicted octanol–water partition coefficient (Wildman–Crippen LogP) is 1.46. The molecule has 0 spiro atoms. The Morgan fingerprint density at radius 1 is 1.54 bits per heavy atom. The Morgan fingerprint density at radius 3 is 3.04 bits per heavy atom. The van der Waals surface area contributed by atoms with E-state index in [9.17, 15) is 14.7 Å². The van der Waals surface area contributed by atoms with Gasteiger partial charge in [0.05, 0.1) is 23.3 Å². The topological polar surface area (TPSA) is 82.8 Å². The van der Waals surface area contributed by atoms with Crippen LogP contribution in [0.1, 0.15) is 12.2 Å². The summed E-state index contributed by atoms with van der Waals surface area (Å²) in [7, 11) is 0. The number of aliphatic hydroxyl groups excluding tert-OH is 1. The highest BCUT2D eigenvalue weighted by Gasteiger charge is 2.33. The number of amides is 2. The summed E-state index contributed by atoms with van der Waals surface area (Å²) in [4.78, 5) is 26.3. The molecule has 128 valence electrons. The highest BCUT2D eigenvalue weighted by Crippen LogP contribution is 2.32. The van der Waals surface area contributed by atoms with E-state index in [-0.39, 0.29) is 30.8 Å². The van der Waals surface area contributed by atoms with Gasteiger partial charge >= 0.3 is 0 Å². The normalized spacial score (nSPS) is 25.7. The minimum Gasteiger partial charge on any atom is -0.465 e. The average Bonchev–Trinajstić information content (AvgIpc) is 3.24. The van der Waals surface area contributed by atoms with Gasteiger partial charge in [-0.1, -0.05) is 24.0 Å². The van der Waals surface area contributed by atoms with Crippen LogP contribution in [0.3, 0.4) is 0 Å². The first-order valence-corrected chi connectivity index (χ1v) is 9.76. The zero-order valence-electron chi connectivity index (χ0n) is 12.6. The third-order valence-electron chi connectivity index (χ3n) is 3.65. The summed E-state index contributed by atoms with van der Waals surface area (Å²) < 4.78 is 5.64. The van der Waals surface area contributed by atoms with Crippen LogP contribution in [0.2, 0.25) is 0 Å². The first kappa shape index (κ1) is 17.5. The van der Waals surface area contributed by atoms with Crippen molar-refractivity contribution >= 4 is 58.0 Å². The van der Waals surface area contributed by atoms with Crippen LogP contribution in [-0.2, 0) is 9.59 Å². The van der Waals surface area contributed by atoms with E-state index in [1.807, 2.05) is 0 Å². The van der Waals surface area contributed by atoms with Crippen molar-refractivity contribution < 1.29 is 19.1 Å². The lowest BCUT2D eigenvalue weighted by molar-refractivity contribution is -0.124. The van der Waals surface area contributed by atoms with E-state index in [0.29, 0.717) is 26.5 Å². The maximum absolute atomic E-state index is 12.4. The van der Waals surface area contributed by atoms with Crippen LogP contribution in [0.5, 0.6) is 0 Å². The number of carbonyl (C=O) groups excluding carboxylic acids is 2. The number of hydrogen-bond acceptors (Lipinski definition) is 7. The summed E-state index contributed by atoms with van der Waals surface area (Å²) in [6.45, 7) is 0.224. The summed E-state index contributed by atoms with van der Waals surface area (Å²) in [6, 6.07) is 3.28. The predicted molar refractivity (Wildman–Crippen MR) is 98.5 cm³/mol. The van der Waals surface area contributed by atoms with E-state index in [0.717, 1.165) is 0 Å². The minimum absolute atomic E-state index is 0.147. The van der Waals surface area contributed by atoms with E-state index in [2.05, 4.69) is 5.32 Å². The Morgan fingerprint density at radius 2 is 2.38 bits per heavy atom. The number of rotatable bonds is 5. The van der Waals surface area contributed by atoms with Crippen molar-refractivity contribution in [2.75, 3.05) is 18.1 Å². The fourth-order valence-corrected chi connectivity index (χ4v) is 4.83. The van der Waals surface area contributed by atoms with Crippen molar-refractivity contribution in [1.29, 1.82) is 0 Å². The molecule has 3 heterocycles. The van der Waals surface area contributed by atoms with Crippen LogP contribution >= 0.6 is 35.7 Å². The summed E-state index contributed by atoms with van der Waals surface area (Å²) in [6.07, 6.45) is 2.82. The van der Waals surface area contributed by atoms with Crippen LogP contribution < -0.4 is 5.32 Å². The largest absolute Gasteiger partial charge is 0.465 e. The van der Waals surface area contributed by atoms with Crippen molar-refractivity contribution in [3.63, 3.8) is 0 Å². The third kappa shape index (κ3) is 4.02. The SMILES string of the molecule is O=C(CCN1C(=O)C(=Cc2ccco2)SC1=S)N[C@@H]1CSC[C@@H]1O. The second-order valence-corrected chi connectivity index (χ2v) is 8.13. The molecular formula is C15H16N2O4S3. The fraction of sp³-hybridized carbons (Fsp3) is 0.400. The molecule has 2 aliphatic heterocycles. The van der Waals surface area contributed by atoms with Gasteiger partial charge in [-0.3, -0.25) is 14.5 Å². The Hall–Kier alpha value is -1.29. The van der Waals surface area contributed by atoms with Crippen molar-refractivity contribution in [2.24, 2.45) is 0 Å². The van der Waals surface area contributed by atoms with Gasteiger partial charge in [0, 0.05) is 30.5 Å². The maximum Gasteiger partial charge on any atom is 0.266 e. The standard InChI is InChI=1S/C15H16N2O4S3/c18-11-8-23-7-10(11)16-13(19)3-4-17-14(20)12(24-15(17)22)6-9-2-1-5-21-9/h1-2,5-6,10-11,18H,3-4,7-8H2,(H,16,19)/t10-,11+/m1/s1. The number of hydrogen-bond donors (Lipinski definition) is 2. The molecule has 0 aliphatic carbocycles. The molecule has 2 N–H and O–H groups in total. The number of nitrogens with one attached hydrogen (secondary N) is 1. The molecule has 2 aliphatic rings. The van der Waals surface area contributed by atoms with Crippen molar-refractivity contribution in [3.05, 3.63) is 29.1 Å². The molecule has 2 saturated heterocycles. The van der Waals surface area contributed by atoms with Crippen LogP contribution in [0.4, 0.5) is 0 Å². The van der Waals surface area contributed by atoms with Gasteiger partial charge in [0.1, 0.15) is 10.1 Å². The molecule has 6 nitrogen and oxygen atoms in total. The van der Waals surface area contributed by atoms with Gasteiger partial charge in [-0.15, -0.1) is 0 Å². The molecule has 0 saturated carbocycles. The molecule has 9 heteroatoms. The molecule has 3 rings (SSSR count). The number of furan rings is 1. The van der Waals surface area contributed by atoms with Gasteiger partial charge in [-0.25, -0.2) is 0 Å². The van der Waals surface area contributed by atoms with Crippen LogP contribution in [-0.4, -0.2) is 56.3 Å². The van der Waals surface area contributed by atoms with Gasteiger partial charge in [0.15, 0.2) is 0 Å². The molecule has 0 unspecified atom stereocenters. The zero-order chi connectivity index (χ0) is 17.1.